The second-order valence-electron chi connectivity index (χ2n) is 6.32. The van der Waals surface area contributed by atoms with Crippen LogP contribution in [0.2, 0.25) is 0 Å². The van der Waals surface area contributed by atoms with Crippen LogP contribution in [0.5, 0.6) is 5.75 Å². The summed E-state index contributed by atoms with van der Waals surface area (Å²) in [6, 6.07) is 13.1. The van der Waals surface area contributed by atoms with Crippen molar-refractivity contribution >= 4 is 5.97 Å². The average Bonchev–Trinajstić information content (AvgIpc) is 3.10. The average molecular weight is 341 g/mol. The van der Waals surface area contributed by atoms with E-state index in [4.69, 9.17) is 14.6 Å². The Hall–Kier alpha value is -2.37. The van der Waals surface area contributed by atoms with Gasteiger partial charge in [-0.1, -0.05) is 24.3 Å². The number of hydrogen-bond donors (Lipinski definition) is 2. The van der Waals surface area contributed by atoms with E-state index in [9.17, 15) is 4.79 Å². The number of hydrogen-bond acceptors (Lipinski definition) is 4. The van der Waals surface area contributed by atoms with Gasteiger partial charge in [-0.3, -0.25) is 0 Å². The van der Waals surface area contributed by atoms with E-state index in [-0.39, 0.29) is 6.10 Å². The van der Waals surface area contributed by atoms with Crippen molar-refractivity contribution < 1.29 is 19.4 Å². The van der Waals surface area contributed by atoms with Gasteiger partial charge in [-0.2, -0.15) is 0 Å². The molecule has 1 saturated heterocycles. The predicted octanol–water partition coefficient (Wildman–Crippen LogP) is 3.15. The second-order valence-corrected chi connectivity index (χ2v) is 6.32. The van der Waals surface area contributed by atoms with E-state index in [0.29, 0.717) is 25.3 Å². The van der Waals surface area contributed by atoms with Gasteiger partial charge in [-0.15, -0.1) is 0 Å². The fraction of sp³-hybridized carbons (Fsp3) is 0.350. The highest BCUT2D eigenvalue weighted by atomic mass is 16.5. The third-order valence-electron chi connectivity index (χ3n) is 4.25. The van der Waals surface area contributed by atoms with Crippen LogP contribution in [-0.2, 0) is 17.8 Å². The summed E-state index contributed by atoms with van der Waals surface area (Å²) in [5.74, 6) is 0.000993. The molecule has 1 unspecified atom stereocenters. The first-order chi connectivity index (χ1) is 12.1. The summed E-state index contributed by atoms with van der Waals surface area (Å²) in [4.78, 5) is 10.9. The van der Waals surface area contributed by atoms with Crippen molar-refractivity contribution in [3.63, 3.8) is 0 Å². The molecule has 0 saturated carbocycles. The number of aryl methyl sites for hydroxylation is 1. The molecule has 2 aromatic rings. The third-order valence-corrected chi connectivity index (χ3v) is 4.25. The monoisotopic (exact) mass is 341 g/mol. The fourth-order valence-electron chi connectivity index (χ4n) is 2.81. The Morgan fingerprint density at radius 2 is 2.04 bits per heavy atom. The van der Waals surface area contributed by atoms with Crippen molar-refractivity contribution in [3.05, 3.63) is 64.7 Å². The second kappa shape index (κ2) is 8.14. The first kappa shape index (κ1) is 17.5. The number of carboxylic acids is 1. The van der Waals surface area contributed by atoms with Gasteiger partial charge in [-0.25, -0.2) is 4.79 Å². The van der Waals surface area contributed by atoms with Crippen molar-refractivity contribution in [2.75, 3.05) is 13.2 Å². The zero-order valence-corrected chi connectivity index (χ0v) is 14.3. The molecule has 0 radical (unpaired) electrons. The molecule has 2 N–H and O–H groups in total. The maximum Gasteiger partial charge on any atom is 0.335 e. The Labute approximate surface area is 147 Å². The first-order valence-corrected chi connectivity index (χ1v) is 8.49. The molecule has 3 rings (SSSR count). The van der Waals surface area contributed by atoms with Crippen molar-refractivity contribution in [2.45, 2.75) is 32.5 Å². The van der Waals surface area contributed by atoms with Crippen molar-refractivity contribution in [1.29, 1.82) is 0 Å². The Kier molecular flexibility index (Phi) is 5.68. The van der Waals surface area contributed by atoms with Gasteiger partial charge in [0.05, 0.1) is 18.8 Å². The van der Waals surface area contributed by atoms with Crippen molar-refractivity contribution in [1.82, 2.24) is 5.32 Å². The van der Waals surface area contributed by atoms with Gasteiger partial charge < -0.3 is 19.9 Å². The summed E-state index contributed by atoms with van der Waals surface area (Å²) in [6.45, 7) is 4.82. The van der Waals surface area contributed by atoms with Gasteiger partial charge in [0.2, 0.25) is 0 Å². The zero-order chi connectivity index (χ0) is 17.6. The topological polar surface area (TPSA) is 67.8 Å². The van der Waals surface area contributed by atoms with E-state index in [1.54, 1.807) is 12.1 Å². The largest absolute Gasteiger partial charge is 0.488 e. The van der Waals surface area contributed by atoms with Crippen LogP contribution in [-0.4, -0.2) is 30.4 Å². The molecule has 0 aromatic heterocycles. The van der Waals surface area contributed by atoms with E-state index in [0.717, 1.165) is 29.9 Å². The SMILES string of the molecule is Cc1ccc(CNCc2ccc(C(=O)O)cc2)c(OC2CCOC2)c1. The molecule has 5 nitrogen and oxygen atoms in total. The van der Waals surface area contributed by atoms with Crippen LogP contribution in [0.1, 0.15) is 33.5 Å². The van der Waals surface area contributed by atoms with Gasteiger partial charge >= 0.3 is 5.97 Å². The first-order valence-electron chi connectivity index (χ1n) is 8.49. The summed E-state index contributed by atoms with van der Waals surface area (Å²) in [5, 5.41) is 12.3. The van der Waals surface area contributed by atoms with Gasteiger partial charge in [0, 0.05) is 25.1 Å². The van der Waals surface area contributed by atoms with E-state index in [1.807, 2.05) is 12.1 Å². The van der Waals surface area contributed by atoms with Crippen LogP contribution in [0.4, 0.5) is 0 Å². The van der Waals surface area contributed by atoms with E-state index >= 15 is 0 Å². The lowest BCUT2D eigenvalue weighted by molar-refractivity contribution is 0.0697. The summed E-state index contributed by atoms with van der Waals surface area (Å²) in [7, 11) is 0. The van der Waals surface area contributed by atoms with Crippen LogP contribution in [0, 0.1) is 6.92 Å². The van der Waals surface area contributed by atoms with Crippen molar-refractivity contribution in [3.8, 4) is 5.75 Å². The van der Waals surface area contributed by atoms with Gasteiger partial charge in [0.15, 0.2) is 0 Å². The quantitative estimate of drug-likeness (QED) is 0.810. The summed E-state index contributed by atoms with van der Waals surface area (Å²) < 4.78 is 11.5. The molecule has 1 heterocycles. The molecule has 25 heavy (non-hydrogen) atoms. The van der Waals surface area contributed by atoms with Gasteiger partial charge in [-0.05, 0) is 36.2 Å². The normalized spacial score (nSPS) is 16.8. The molecule has 1 aliphatic rings. The molecule has 0 bridgehead atoms. The van der Waals surface area contributed by atoms with Crippen LogP contribution in [0.25, 0.3) is 0 Å². The highest BCUT2D eigenvalue weighted by molar-refractivity contribution is 5.87. The van der Waals surface area contributed by atoms with Crippen LogP contribution in [0.15, 0.2) is 42.5 Å². The minimum absolute atomic E-state index is 0.129. The minimum Gasteiger partial charge on any atom is -0.488 e. The number of aromatic carboxylic acids is 1. The maximum absolute atomic E-state index is 10.9. The lowest BCUT2D eigenvalue weighted by atomic mass is 10.1. The molecule has 5 heteroatoms. The lowest BCUT2D eigenvalue weighted by Crippen LogP contribution is -2.19. The van der Waals surface area contributed by atoms with E-state index < -0.39 is 5.97 Å². The predicted molar refractivity (Wildman–Crippen MR) is 95.0 cm³/mol. The highest BCUT2D eigenvalue weighted by Gasteiger charge is 2.18. The van der Waals surface area contributed by atoms with Crippen LogP contribution >= 0.6 is 0 Å². The molecular weight excluding hydrogens is 318 g/mol. The fourth-order valence-corrected chi connectivity index (χ4v) is 2.81. The van der Waals surface area contributed by atoms with Gasteiger partial charge in [0.25, 0.3) is 0 Å². The number of rotatable bonds is 7. The Balaban J connectivity index is 1.59. The molecular formula is C20H23NO4. The van der Waals surface area contributed by atoms with E-state index in [1.165, 1.54) is 5.56 Å². The summed E-state index contributed by atoms with van der Waals surface area (Å²) in [6.07, 6.45) is 1.06. The molecule has 2 aromatic carbocycles. The minimum atomic E-state index is -0.906. The Morgan fingerprint density at radius 3 is 2.72 bits per heavy atom. The number of carbonyl (C=O) groups is 1. The molecule has 1 fully saturated rings. The van der Waals surface area contributed by atoms with Gasteiger partial charge in [0.1, 0.15) is 11.9 Å². The molecule has 0 spiro atoms. The molecule has 1 atom stereocenters. The zero-order valence-electron chi connectivity index (χ0n) is 14.3. The number of nitrogens with one attached hydrogen (secondary N) is 1. The number of ether oxygens (including phenoxy) is 2. The molecule has 132 valence electrons. The molecule has 0 aliphatic carbocycles. The smallest absolute Gasteiger partial charge is 0.335 e. The Bertz CT molecular complexity index is 721. The summed E-state index contributed by atoms with van der Waals surface area (Å²) in [5.41, 5.74) is 3.63. The van der Waals surface area contributed by atoms with E-state index in [2.05, 4.69) is 30.4 Å². The summed E-state index contributed by atoms with van der Waals surface area (Å²) >= 11 is 0. The Morgan fingerprint density at radius 1 is 1.24 bits per heavy atom. The lowest BCUT2D eigenvalue weighted by Gasteiger charge is -2.17. The molecule has 0 amide bonds. The maximum atomic E-state index is 10.9. The van der Waals surface area contributed by atoms with Crippen molar-refractivity contribution in [2.24, 2.45) is 0 Å². The van der Waals surface area contributed by atoms with Crippen LogP contribution in [0.3, 0.4) is 0 Å². The molecule has 1 aliphatic heterocycles. The number of benzene rings is 2. The standard InChI is InChI=1S/C20H23NO4/c1-14-2-5-17(19(10-14)25-18-8-9-24-13-18)12-21-11-15-3-6-16(7-4-15)20(22)23/h2-7,10,18,21H,8-9,11-13H2,1H3,(H,22,23). The highest BCUT2D eigenvalue weighted by Crippen LogP contribution is 2.24. The number of carboxylic acid groups (broad SMARTS) is 1. The third kappa shape index (κ3) is 4.81. The van der Waals surface area contributed by atoms with Crippen LogP contribution < -0.4 is 10.1 Å².